The molecule has 0 radical (unpaired) electrons. The molecule has 3 aromatic heterocycles. The van der Waals surface area contributed by atoms with Gasteiger partial charge in [-0.2, -0.15) is 15.3 Å². The van der Waals surface area contributed by atoms with Crippen molar-refractivity contribution in [1.82, 2.24) is 45.5 Å². The summed E-state index contributed by atoms with van der Waals surface area (Å²) in [6.07, 6.45) is 3.54. The minimum absolute atomic E-state index is 0.269. The predicted molar refractivity (Wildman–Crippen MR) is 70.2 cm³/mol. The number of nitrogens with zero attached hydrogens (tertiary/aromatic N) is 7. The largest absolute Gasteiger partial charge is 0.342 e. The Balaban J connectivity index is 1.90. The van der Waals surface area contributed by atoms with E-state index in [9.17, 15) is 4.79 Å². The molecule has 0 fully saturated rings. The molecule has 1 atom stereocenters. The van der Waals surface area contributed by atoms with E-state index in [4.69, 9.17) is 0 Å². The third kappa shape index (κ3) is 2.30. The van der Waals surface area contributed by atoms with Crippen molar-refractivity contribution in [3.8, 4) is 0 Å². The van der Waals surface area contributed by atoms with E-state index in [0.29, 0.717) is 23.6 Å². The van der Waals surface area contributed by atoms with Gasteiger partial charge >= 0.3 is 0 Å². The maximum atomic E-state index is 12.4. The Labute approximate surface area is 119 Å². The lowest BCUT2D eigenvalue weighted by Crippen LogP contribution is -2.29. The van der Waals surface area contributed by atoms with Crippen molar-refractivity contribution in [3.63, 3.8) is 0 Å². The van der Waals surface area contributed by atoms with E-state index in [1.165, 1.54) is 12.5 Å². The summed E-state index contributed by atoms with van der Waals surface area (Å²) in [6.45, 7) is 3.71. The van der Waals surface area contributed by atoms with Crippen molar-refractivity contribution in [2.75, 3.05) is 0 Å². The molecule has 3 aromatic rings. The van der Waals surface area contributed by atoms with Crippen molar-refractivity contribution in [3.05, 3.63) is 29.6 Å². The van der Waals surface area contributed by atoms with Gasteiger partial charge in [0.2, 0.25) is 0 Å². The number of carbonyl (C=O) groups excluding carboxylic acids is 1. The molecular formula is C11H13N9O. The Bertz CT molecular complexity index is 763. The summed E-state index contributed by atoms with van der Waals surface area (Å²) in [6, 6.07) is -0.368. The van der Waals surface area contributed by atoms with Crippen molar-refractivity contribution in [1.29, 1.82) is 0 Å². The minimum Gasteiger partial charge on any atom is -0.342 e. The van der Waals surface area contributed by atoms with E-state index in [1.54, 1.807) is 11.4 Å². The van der Waals surface area contributed by atoms with Gasteiger partial charge in [-0.25, -0.2) is 9.50 Å². The van der Waals surface area contributed by atoms with Gasteiger partial charge in [-0.15, -0.1) is 10.2 Å². The van der Waals surface area contributed by atoms with Crippen LogP contribution in [0.15, 0.2) is 12.5 Å². The summed E-state index contributed by atoms with van der Waals surface area (Å²) in [5.41, 5.74) is 1.20. The molecule has 0 aliphatic heterocycles. The van der Waals surface area contributed by atoms with Crippen molar-refractivity contribution in [2.45, 2.75) is 26.3 Å². The minimum atomic E-state index is -0.368. The molecule has 0 saturated carbocycles. The summed E-state index contributed by atoms with van der Waals surface area (Å²) in [7, 11) is 0. The second kappa shape index (κ2) is 5.23. The zero-order valence-corrected chi connectivity index (χ0v) is 11.5. The van der Waals surface area contributed by atoms with Crippen LogP contribution in [0.2, 0.25) is 0 Å². The normalized spacial score (nSPS) is 12.5. The monoisotopic (exact) mass is 287 g/mol. The number of amides is 1. The summed E-state index contributed by atoms with van der Waals surface area (Å²) < 4.78 is 1.56. The number of tetrazole rings is 1. The predicted octanol–water partition coefficient (Wildman–Crippen LogP) is -0.309. The van der Waals surface area contributed by atoms with Crippen molar-refractivity contribution < 1.29 is 4.79 Å². The zero-order valence-electron chi connectivity index (χ0n) is 11.5. The van der Waals surface area contributed by atoms with Crippen LogP contribution in [-0.2, 0) is 6.42 Å². The third-order valence-electron chi connectivity index (χ3n) is 3.08. The van der Waals surface area contributed by atoms with Crippen LogP contribution in [0.5, 0.6) is 0 Å². The smallest absolute Gasteiger partial charge is 0.255 e. The highest BCUT2D eigenvalue weighted by atomic mass is 16.1. The Morgan fingerprint density at radius 1 is 1.48 bits per heavy atom. The molecule has 0 bridgehead atoms. The SMILES string of the molecule is CCc1c(C(=O)NC(C)c2nn[nH]n2)cnc2ncnn12. The van der Waals surface area contributed by atoms with Crippen molar-refractivity contribution in [2.24, 2.45) is 0 Å². The first-order valence-corrected chi connectivity index (χ1v) is 6.42. The summed E-state index contributed by atoms with van der Waals surface area (Å²) in [5.74, 6) is 0.611. The molecule has 3 rings (SSSR count). The van der Waals surface area contributed by atoms with Gasteiger partial charge in [0.1, 0.15) is 6.33 Å². The average molecular weight is 287 g/mol. The van der Waals surface area contributed by atoms with Crippen LogP contribution in [0.25, 0.3) is 5.78 Å². The number of aromatic nitrogens is 8. The van der Waals surface area contributed by atoms with Crippen LogP contribution < -0.4 is 5.32 Å². The lowest BCUT2D eigenvalue weighted by Gasteiger charge is -2.12. The van der Waals surface area contributed by atoms with Crippen LogP contribution in [0, 0.1) is 0 Å². The second-order valence-corrected chi connectivity index (χ2v) is 4.41. The van der Waals surface area contributed by atoms with Crippen LogP contribution in [0.4, 0.5) is 0 Å². The topological polar surface area (TPSA) is 127 Å². The van der Waals surface area contributed by atoms with Gasteiger partial charge in [-0.05, 0) is 13.3 Å². The first-order valence-electron chi connectivity index (χ1n) is 6.42. The maximum absolute atomic E-state index is 12.4. The van der Waals surface area contributed by atoms with Crippen LogP contribution >= 0.6 is 0 Å². The van der Waals surface area contributed by atoms with E-state index in [1.807, 2.05) is 6.92 Å². The van der Waals surface area contributed by atoms with Gasteiger partial charge in [-0.3, -0.25) is 4.79 Å². The van der Waals surface area contributed by atoms with Gasteiger partial charge in [0.15, 0.2) is 5.82 Å². The molecule has 0 aromatic carbocycles. The molecule has 21 heavy (non-hydrogen) atoms. The Hall–Kier alpha value is -2.91. The molecular weight excluding hydrogens is 274 g/mol. The van der Waals surface area contributed by atoms with Gasteiger partial charge in [-0.1, -0.05) is 12.1 Å². The number of fused-ring (bicyclic) bond motifs is 1. The van der Waals surface area contributed by atoms with Gasteiger partial charge in [0, 0.05) is 6.20 Å². The number of rotatable bonds is 4. The molecule has 2 N–H and O–H groups in total. The standard InChI is InChI=1S/C11H13N9O/c1-3-8-7(4-12-11-13-5-14-20(8)11)10(21)15-6(2)9-16-18-19-17-9/h4-6H,3H2,1-2H3,(H,15,21)(H,16,17,18,19). The number of aryl methyl sites for hydroxylation is 1. The van der Waals surface area contributed by atoms with Crippen molar-refractivity contribution >= 4 is 11.7 Å². The zero-order chi connectivity index (χ0) is 14.8. The molecule has 10 nitrogen and oxygen atoms in total. The molecule has 10 heteroatoms. The van der Waals surface area contributed by atoms with Crippen LogP contribution in [0.3, 0.4) is 0 Å². The van der Waals surface area contributed by atoms with Gasteiger partial charge in [0.05, 0.1) is 17.3 Å². The number of hydrogen-bond donors (Lipinski definition) is 2. The quantitative estimate of drug-likeness (QED) is 0.673. The fraction of sp³-hybridized carbons (Fsp3) is 0.364. The number of carbonyl (C=O) groups is 1. The average Bonchev–Trinajstić information content (AvgIpc) is 3.16. The molecule has 3 heterocycles. The number of aromatic amines is 1. The van der Waals surface area contributed by atoms with E-state index < -0.39 is 0 Å². The maximum Gasteiger partial charge on any atom is 0.255 e. The Morgan fingerprint density at radius 2 is 2.33 bits per heavy atom. The lowest BCUT2D eigenvalue weighted by atomic mass is 10.1. The van der Waals surface area contributed by atoms with Crippen LogP contribution in [-0.4, -0.2) is 46.1 Å². The third-order valence-corrected chi connectivity index (χ3v) is 3.08. The first-order chi connectivity index (χ1) is 10.2. The lowest BCUT2D eigenvalue weighted by molar-refractivity contribution is 0.0936. The number of hydrogen-bond acceptors (Lipinski definition) is 7. The molecule has 1 unspecified atom stereocenters. The Kier molecular flexibility index (Phi) is 3.26. The fourth-order valence-corrected chi connectivity index (χ4v) is 2.05. The highest BCUT2D eigenvalue weighted by Gasteiger charge is 2.19. The molecule has 0 aliphatic carbocycles. The van der Waals surface area contributed by atoms with E-state index in [2.05, 4.69) is 41.0 Å². The van der Waals surface area contributed by atoms with Crippen LogP contribution in [0.1, 0.15) is 41.8 Å². The molecule has 0 saturated heterocycles. The summed E-state index contributed by atoms with van der Waals surface area (Å²) in [5, 5.41) is 20.4. The fourth-order valence-electron chi connectivity index (χ4n) is 2.05. The van der Waals surface area contributed by atoms with E-state index in [0.717, 1.165) is 5.69 Å². The highest BCUT2D eigenvalue weighted by Crippen LogP contribution is 2.12. The van der Waals surface area contributed by atoms with Gasteiger partial charge < -0.3 is 5.32 Å². The van der Waals surface area contributed by atoms with Gasteiger partial charge in [0.25, 0.3) is 11.7 Å². The molecule has 1 amide bonds. The second-order valence-electron chi connectivity index (χ2n) is 4.41. The first kappa shape index (κ1) is 13.1. The summed E-state index contributed by atoms with van der Waals surface area (Å²) >= 11 is 0. The molecule has 0 spiro atoms. The molecule has 0 aliphatic rings. The molecule has 108 valence electrons. The van der Waals surface area contributed by atoms with E-state index in [-0.39, 0.29) is 11.9 Å². The van der Waals surface area contributed by atoms with E-state index >= 15 is 0 Å². The highest BCUT2D eigenvalue weighted by molar-refractivity contribution is 5.95. The number of nitrogens with one attached hydrogen (secondary N) is 2. The number of H-pyrrole nitrogens is 1. The Morgan fingerprint density at radius 3 is 3.05 bits per heavy atom. The summed E-state index contributed by atoms with van der Waals surface area (Å²) in [4.78, 5) is 20.5.